The fourth-order valence-electron chi connectivity index (χ4n) is 5.39. The highest BCUT2D eigenvalue weighted by atomic mass is 16.5. The van der Waals surface area contributed by atoms with Gasteiger partial charge in [-0.3, -0.25) is 29.2 Å². The largest absolute Gasteiger partial charge is 0.457 e. The number of aromatic nitrogens is 1. The molecule has 3 amide bonds. The highest BCUT2D eigenvalue weighted by molar-refractivity contribution is 5.93. The predicted molar refractivity (Wildman–Crippen MR) is 158 cm³/mol. The zero-order chi connectivity index (χ0) is 30.0. The van der Waals surface area contributed by atoms with Crippen LogP contribution in [0.3, 0.4) is 0 Å². The van der Waals surface area contributed by atoms with Crippen molar-refractivity contribution in [2.45, 2.75) is 71.2 Å². The van der Waals surface area contributed by atoms with Gasteiger partial charge in [-0.1, -0.05) is 44.2 Å². The lowest BCUT2D eigenvalue weighted by Crippen LogP contribution is -2.61. The van der Waals surface area contributed by atoms with Crippen molar-refractivity contribution in [2.75, 3.05) is 6.54 Å². The SMILES string of the molecule is CC(C)[C@@H]1NC(=O)Cc2cccc(c2)-c2cc3cc(ccc3cn2)[C@@H](C)OC(=O)[C@@H]2CCCN(N2)C(=O)[C@H](C)NC1=O. The van der Waals surface area contributed by atoms with Crippen molar-refractivity contribution in [3.63, 3.8) is 0 Å². The van der Waals surface area contributed by atoms with Gasteiger partial charge in [-0.05, 0) is 67.3 Å². The van der Waals surface area contributed by atoms with Gasteiger partial charge in [0.25, 0.3) is 5.91 Å². The molecule has 0 radical (unpaired) electrons. The van der Waals surface area contributed by atoms with Crippen molar-refractivity contribution in [1.29, 1.82) is 0 Å². The van der Waals surface area contributed by atoms with Crippen LogP contribution >= 0.6 is 0 Å². The second-order valence-electron chi connectivity index (χ2n) is 11.5. The Morgan fingerprint density at radius 2 is 1.79 bits per heavy atom. The summed E-state index contributed by atoms with van der Waals surface area (Å²) in [5, 5.41) is 8.85. The first-order valence-electron chi connectivity index (χ1n) is 14.5. The van der Waals surface area contributed by atoms with E-state index in [-0.39, 0.29) is 24.2 Å². The van der Waals surface area contributed by atoms with Gasteiger partial charge in [0, 0.05) is 23.7 Å². The van der Waals surface area contributed by atoms with Crippen LogP contribution in [0.25, 0.3) is 22.0 Å². The van der Waals surface area contributed by atoms with Crippen molar-refractivity contribution in [1.82, 2.24) is 26.1 Å². The molecule has 3 N–H and O–H groups in total. The molecule has 5 rings (SSSR count). The average Bonchev–Trinajstić information content (AvgIpc) is 2.98. The molecule has 3 aromatic rings. The van der Waals surface area contributed by atoms with Gasteiger partial charge >= 0.3 is 5.97 Å². The minimum Gasteiger partial charge on any atom is -0.457 e. The number of carbonyl (C=O) groups is 4. The van der Waals surface area contributed by atoms with E-state index >= 15 is 0 Å². The van der Waals surface area contributed by atoms with E-state index in [2.05, 4.69) is 21.0 Å². The number of pyridine rings is 1. The van der Waals surface area contributed by atoms with Crippen LogP contribution in [0.2, 0.25) is 0 Å². The summed E-state index contributed by atoms with van der Waals surface area (Å²) in [5.74, 6) is -1.79. The van der Waals surface area contributed by atoms with E-state index in [9.17, 15) is 19.2 Å². The van der Waals surface area contributed by atoms with Crippen LogP contribution < -0.4 is 16.1 Å². The predicted octanol–water partition coefficient (Wildman–Crippen LogP) is 3.20. The Kier molecular flexibility index (Phi) is 8.54. The van der Waals surface area contributed by atoms with Gasteiger partial charge < -0.3 is 15.4 Å². The van der Waals surface area contributed by atoms with Crippen LogP contribution in [0.5, 0.6) is 0 Å². The molecule has 2 aliphatic heterocycles. The van der Waals surface area contributed by atoms with Crippen LogP contribution in [-0.2, 0) is 30.3 Å². The van der Waals surface area contributed by atoms with Crippen molar-refractivity contribution in [2.24, 2.45) is 5.92 Å². The molecule has 2 aromatic carbocycles. The number of ether oxygens (including phenoxy) is 1. The minimum absolute atomic E-state index is 0.0819. The number of rotatable bonds is 1. The molecule has 10 heteroatoms. The average molecular weight is 572 g/mol. The molecule has 7 bridgehead atoms. The van der Waals surface area contributed by atoms with E-state index in [1.807, 2.05) is 69.3 Å². The standard InChI is InChI=1S/C32H37N5O5/c1-18(2)29-30(39)34-19(3)31(40)37-12-6-9-26(36-37)32(41)42-20(4)22-10-11-24-17-33-27(16-25(24)15-22)23-8-5-7-21(13-23)14-28(38)35-29/h5,7-8,10-11,13,15-20,26,29,36H,6,9,12,14H2,1-4H3,(H,34,39)(H,35,38)/t19-,20+,26-,29-/m0/s1. The van der Waals surface area contributed by atoms with Crippen LogP contribution in [0, 0.1) is 5.92 Å². The van der Waals surface area contributed by atoms with Crippen molar-refractivity contribution >= 4 is 34.5 Å². The van der Waals surface area contributed by atoms with Crippen molar-refractivity contribution < 1.29 is 23.9 Å². The summed E-state index contributed by atoms with van der Waals surface area (Å²) in [6, 6.07) is 13.0. The number of hydrogen-bond acceptors (Lipinski definition) is 7. The summed E-state index contributed by atoms with van der Waals surface area (Å²) in [4.78, 5) is 57.3. The number of hydrogen-bond donors (Lipinski definition) is 3. The van der Waals surface area contributed by atoms with Crippen LogP contribution in [0.4, 0.5) is 0 Å². The van der Waals surface area contributed by atoms with Crippen molar-refractivity contribution in [3.8, 4) is 11.3 Å². The van der Waals surface area contributed by atoms with Gasteiger partial charge in [0.2, 0.25) is 11.8 Å². The maximum atomic E-state index is 13.2. The normalized spacial score (nSPS) is 24.2. The van der Waals surface area contributed by atoms with Crippen molar-refractivity contribution in [3.05, 3.63) is 65.9 Å². The van der Waals surface area contributed by atoms with Gasteiger partial charge in [-0.25, -0.2) is 5.43 Å². The number of benzene rings is 2. The summed E-state index contributed by atoms with van der Waals surface area (Å²) in [5.41, 5.74) is 6.21. The lowest BCUT2D eigenvalue weighted by atomic mass is 10.0. The Morgan fingerprint density at radius 1 is 0.976 bits per heavy atom. The maximum Gasteiger partial charge on any atom is 0.325 e. The number of esters is 1. The van der Waals surface area contributed by atoms with Gasteiger partial charge in [0.1, 0.15) is 24.2 Å². The molecule has 0 unspecified atom stereocenters. The zero-order valence-corrected chi connectivity index (χ0v) is 24.3. The molecule has 4 atom stereocenters. The third kappa shape index (κ3) is 6.44. The molecule has 1 saturated heterocycles. The van der Waals surface area contributed by atoms with Crippen LogP contribution in [-0.4, -0.2) is 58.4 Å². The van der Waals surface area contributed by atoms with Gasteiger partial charge in [-0.2, -0.15) is 0 Å². The molecule has 1 aromatic heterocycles. The summed E-state index contributed by atoms with van der Waals surface area (Å²) in [6.45, 7) is 7.48. The Bertz CT molecular complexity index is 1520. The minimum atomic E-state index is -0.875. The molecular formula is C32H37N5O5. The molecule has 0 spiro atoms. The lowest BCUT2D eigenvalue weighted by molar-refractivity contribution is -0.157. The topological polar surface area (TPSA) is 130 Å². The molecule has 220 valence electrons. The highest BCUT2D eigenvalue weighted by Crippen LogP contribution is 2.27. The second-order valence-corrected chi connectivity index (χ2v) is 11.5. The first kappa shape index (κ1) is 29.2. The van der Waals surface area contributed by atoms with E-state index in [4.69, 9.17) is 4.74 Å². The van der Waals surface area contributed by atoms with E-state index in [1.54, 1.807) is 13.1 Å². The molecule has 10 nitrogen and oxygen atoms in total. The molecule has 3 heterocycles. The Labute approximate surface area is 245 Å². The quantitative estimate of drug-likeness (QED) is 0.383. The van der Waals surface area contributed by atoms with Crippen LogP contribution in [0.15, 0.2) is 54.7 Å². The molecule has 0 aliphatic carbocycles. The molecule has 42 heavy (non-hydrogen) atoms. The Hall–Kier alpha value is -4.31. The lowest BCUT2D eigenvalue weighted by Gasteiger charge is -2.35. The summed E-state index contributed by atoms with van der Waals surface area (Å²) in [7, 11) is 0. The van der Waals surface area contributed by atoms with Gasteiger partial charge in [-0.15, -0.1) is 0 Å². The fraction of sp³-hybridized carbons (Fsp3) is 0.406. The number of fused-ring (bicyclic) bond motifs is 7. The zero-order valence-electron chi connectivity index (χ0n) is 24.3. The third-order valence-corrected chi connectivity index (χ3v) is 7.83. The van der Waals surface area contributed by atoms with E-state index in [1.165, 1.54) is 5.01 Å². The monoisotopic (exact) mass is 571 g/mol. The molecule has 2 aliphatic rings. The fourth-order valence-corrected chi connectivity index (χ4v) is 5.39. The first-order chi connectivity index (χ1) is 20.1. The van der Waals surface area contributed by atoms with E-state index in [0.717, 1.165) is 33.2 Å². The maximum absolute atomic E-state index is 13.2. The van der Waals surface area contributed by atoms with E-state index < -0.39 is 36.1 Å². The first-order valence-corrected chi connectivity index (χ1v) is 14.5. The third-order valence-electron chi connectivity index (χ3n) is 7.83. The number of nitrogens with one attached hydrogen (secondary N) is 3. The molecule has 0 saturated carbocycles. The number of nitrogens with zero attached hydrogens (tertiary/aromatic N) is 2. The Balaban J connectivity index is 1.50. The number of hydrazine groups is 1. The van der Waals surface area contributed by atoms with Gasteiger partial charge in [0.15, 0.2) is 0 Å². The number of amides is 3. The molecule has 1 fully saturated rings. The summed E-state index contributed by atoms with van der Waals surface area (Å²) in [6.07, 6.45) is 2.48. The second kappa shape index (κ2) is 12.3. The highest BCUT2D eigenvalue weighted by Gasteiger charge is 2.34. The summed E-state index contributed by atoms with van der Waals surface area (Å²) < 4.78 is 5.83. The molecular weight excluding hydrogens is 534 g/mol. The Morgan fingerprint density at radius 3 is 2.57 bits per heavy atom. The number of cyclic esters (lactones) is 1. The summed E-state index contributed by atoms with van der Waals surface area (Å²) >= 11 is 0. The smallest absolute Gasteiger partial charge is 0.325 e. The van der Waals surface area contributed by atoms with Crippen LogP contribution in [0.1, 0.15) is 57.8 Å². The van der Waals surface area contributed by atoms with Gasteiger partial charge in [0.05, 0.1) is 12.1 Å². The van der Waals surface area contributed by atoms with E-state index in [0.29, 0.717) is 19.4 Å². The number of carbonyl (C=O) groups excluding carboxylic acids is 4.